The molecule has 0 aromatic heterocycles. The Morgan fingerprint density at radius 3 is 1.42 bits per heavy atom. The molecule has 0 bridgehead atoms. The number of benzene rings is 1. The van der Waals surface area contributed by atoms with Gasteiger partial charge in [-0.05, 0) is 104 Å². The first-order chi connectivity index (χ1) is 23.1. The molecule has 290 valence electrons. The van der Waals surface area contributed by atoms with Crippen LogP contribution in [0.3, 0.4) is 0 Å². The highest BCUT2D eigenvalue weighted by Gasteiger charge is 2.65. The van der Waals surface area contributed by atoms with Crippen molar-refractivity contribution in [3.8, 4) is 0 Å². The highest BCUT2D eigenvalue weighted by atomic mass is 79.9. The summed E-state index contributed by atoms with van der Waals surface area (Å²) >= 11 is 0. The minimum absolute atomic E-state index is 0. The highest BCUT2D eigenvalue weighted by Crippen LogP contribution is 2.52. The molecule has 2 rings (SSSR count). The molecule has 1 aliphatic rings. The molecule has 1 aliphatic heterocycles. The number of ketones is 3. The Labute approximate surface area is 309 Å². The number of aliphatic hydroxyl groups excluding tert-OH is 1. The van der Waals surface area contributed by atoms with Crippen molar-refractivity contribution in [3.05, 3.63) is 35.4 Å². The quantitative estimate of drug-likeness (QED) is 0.0813. The summed E-state index contributed by atoms with van der Waals surface area (Å²) < 4.78 is 38.9. The van der Waals surface area contributed by atoms with Crippen molar-refractivity contribution >= 4 is 34.3 Å². The van der Waals surface area contributed by atoms with Gasteiger partial charge >= 0.3 is 11.8 Å². The van der Waals surface area contributed by atoms with Gasteiger partial charge < -0.3 is 21.9 Å². The summed E-state index contributed by atoms with van der Waals surface area (Å²) in [6.45, 7) is 13.6. The number of nitrogens with two attached hydrogens (primary N) is 2. The number of hydrogen-bond donors (Lipinski definition) is 4. The van der Waals surface area contributed by atoms with Crippen LogP contribution in [0.2, 0.25) is 0 Å². The SMILES string of the molecule is Br.CCC(CCCCN)C(C)=O.CCC(CCCCN)C(C)=O.CCC(CCCCNCC(O)c1ccc(C2(C(F)(F)F)N=N2)cc1)C(C)=O. The second-order valence-electron chi connectivity index (χ2n) is 12.9. The summed E-state index contributed by atoms with van der Waals surface area (Å²) in [5.74, 6) is 1.56. The number of hydrogen-bond acceptors (Lipinski definition) is 9. The minimum atomic E-state index is -4.55. The van der Waals surface area contributed by atoms with Gasteiger partial charge in [-0.2, -0.15) is 13.2 Å². The highest BCUT2D eigenvalue weighted by molar-refractivity contribution is 8.93. The van der Waals surface area contributed by atoms with Crippen LogP contribution in [0.15, 0.2) is 34.5 Å². The second-order valence-corrected chi connectivity index (χ2v) is 12.9. The Balaban J connectivity index is 0. The van der Waals surface area contributed by atoms with E-state index in [4.69, 9.17) is 11.5 Å². The molecule has 0 saturated carbocycles. The van der Waals surface area contributed by atoms with E-state index in [2.05, 4.69) is 29.4 Å². The number of aliphatic hydroxyl groups is 1. The zero-order valence-corrected chi connectivity index (χ0v) is 32.9. The predicted octanol–water partition coefficient (Wildman–Crippen LogP) is 8.32. The van der Waals surface area contributed by atoms with Crippen LogP contribution < -0.4 is 16.8 Å². The van der Waals surface area contributed by atoms with Gasteiger partial charge in [0.2, 0.25) is 0 Å². The summed E-state index contributed by atoms with van der Waals surface area (Å²) in [4.78, 5) is 33.2. The lowest BCUT2D eigenvalue weighted by atomic mass is 9.95. The van der Waals surface area contributed by atoms with Crippen LogP contribution in [0.5, 0.6) is 0 Å². The van der Waals surface area contributed by atoms with Gasteiger partial charge in [0.25, 0.3) is 0 Å². The smallest absolute Gasteiger partial charge is 0.387 e. The molecule has 1 aromatic carbocycles. The number of Topliss-reactive ketones (excluding diaryl/α,β-unsaturated/α-hetero) is 3. The van der Waals surface area contributed by atoms with Gasteiger partial charge in [0.1, 0.15) is 17.3 Å². The molecule has 0 saturated heterocycles. The molecular formula is C37H65BrF3N5O4. The Morgan fingerprint density at radius 2 is 1.12 bits per heavy atom. The topological polar surface area (TPSA) is 160 Å². The van der Waals surface area contributed by atoms with E-state index in [9.17, 15) is 32.7 Å². The molecule has 9 nitrogen and oxygen atoms in total. The molecule has 1 aromatic rings. The fraction of sp³-hybridized carbons (Fsp3) is 0.757. The molecule has 4 atom stereocenters. The summed E-state index contributed by atoms with van der Waals surface area (Å²) in [5, 5.41) is 19.6. The summed E-state index contributed by atoms with van der Waals surface area (Å²) in [6.07, 6.45) is 6.45. The van der Waals surface area contributed by atoms with Crippen LogP contribution >= 0.6 is 17.0 Å². The minimum Gasteiger partial charge on any atom is -0.387 e. The molecule has 0 amide bonds. The van der Waals surface area contributed by atoms with Gasteiger partial charge in [-0.3, -0.25) is 14.4 Å². The normalized spacial score (nSPS) is 15.2. The first kappa shape index (κ1) is 50.0. The summed E-state index contributed by atoms with van der Waals surface area (Å²) in [5.41, 5.74) is 8.76. The van der Waals surface area contributed by atoms with Crippen molar-refractivity contribution in [1.29, 1.82) is 0 Å². The molecule has 1 heterocycles. The average molecular weight is 781 g/mol. The molecule has 0 radical (unpaired) electrons. The molecule has 50 heavy (non-hydrogen) atoms. The van der Waals surface area contributed by atoms with Gasteiger partial charge in [-0.25, -0.2) is 0 Å². The Bertz CT molecular complexity index is 1070. The molecule has 0 aliphatic carbocycles. The van der Waals surface area contributed by atoms with Gasteiger partial charge in [0.05, 0.1) is 6.10 Å². The first-order valence-electron chi connectivity index (χ1n) is 18.1. The number of alkyl halides is 3. The monoisotopic (exact) mass is 779 g/mol. The van der Waals surface area contributed by atoms with Crippen molar-refractivity contribution in [1.82, 2.24) is 5.32 Å². The van der Waals surface area contributed by atoms with Gasteiger partial charge in [0, 0.05) is 29.9 Å². The maximum Gasteiger partial charge on any atom is 0.442 e. The first-order valence-corrected chi connectivity index (χ1v) is 18.1. The third-order valence-electron chi connectivity index (χ3n) is 9.10. The van der Waals surface area contributed by atoms with E-state index in [0.717, 1.165) is 90.1 Å². The van der Waals surface area contributed by atoms with E-state index >= 15 is 0 Å². The fourth-order valence-electron chi connectivity index (χ4n) is 5.53. The lowest BCUT2D eigenvalue weighted by molar-refractivity contribution is -0.166. The average Bonchev–Trinajstić information content (AvgIpc) is 3.88. The lowest BCUT2D eigenvalue weighted by Crippen LogP contribution is -2.30. The van der Waals surface area contributed by atoms with E-state index in [-0.39, 0.29) is 46.1 Å². The number of carbonyl (C=O) groups excluding carboxylic acids is 3. The summed E-state index contributed by atoms with van der Waals surface area (Å²) in [7, 11) is 0. The Morgan fingerprint density at radius 1 is 0.740 bits per heavy atom. The molecule has 0 spiro atoms. The molecular weight excluding hydrogens is 715 g/mol. The number of carbonyl (C=O) groups is 3. The standard InChI is InChI=1S/C19H26F3N3O2.2C9H19NO.BrH/c1-3-14(13(2)26)6-4-5-11-23-12-17(27)15-7-9-16(10-8-15)18(24-25-18)19(20,21)22;2*1-3-9(8(2)11)6-4-5-7-10;/h7-10,14,17,23,27H,3-6,11-12H2,1-2H3;2*9H,3-7,10H2,1-2H3;1H. The third-order valence-corrected chi connectivity index (χ3v) is 9.10. The van der Waals surface area contributed by atoms with Crippen molar-refractivity contribution in [2.45, 2.75) is 137 Å². The molecule has 4 unspecified atom stereocenters. The zero-order chi connectivity index (χ0) is 37.5. The third kappa shape index (κ3) is 19.5. The molecule has 13 heteroatoms. The number of nitrogens with zero attached hydrogens (tertiary/aromatic N) is 2. The Kier molecular flexibility index (Phi) is 27.6. The Hall–Kier alpha value is -2.06. The van der Waals surface area contributed by atoms with Crippen LogP contribution in [0.4, 0.5) is 13.2 Å². The van der Waals surface area contributed by atoms with Crippen LogP contribution in [0.25, 0.3) is 0 Å². The van der Waals surface area contributed by atoms with E-state index < -0.39 is 17.9 Å². The van der Waals surface area contributed by atoms with Crippen molar-refractivity contribution in [2.75, 3.05) is 26.2 Å². The number of nitrogens with one attached hydrogen (secondary N) is 1. The van der Waals surface area contributed by atoms with Crippen molar-refractivity contribution in [3.63, 3.8) is 0 Å². The number of unbranched alkanes of at least 4 members (excludes halogenated alkanes) is 3. The van der Waals surface area contributed by atoms with Gasteiger partial charge in [-0.15, -0.1) is 27.2 Å². The summed E-state index contributed by atoms with van der Waals surface area (Å²) in [6, 6.07) is 5.55. The number of halogens is 4. The van der Waals surface area contributed by atoms with Crippen LogP contribution in [0, 0.1) is 17.8 Å². The van der Waals surface area contributed by atoms with E-state index in [0.29, 0.717) is 30.2 Å². The predicted molar refractivity (Wildman–Crippen MR) is 200 cm³/mol. The van der Waals surface area contributed by atoms with E-state index in [1.54, 1.807) is 20.8 Å². The lowest BCUT2D eigenvalue weighted by Gasteiger charge is -2.17. The fourth-order valence-corrected chi connectivity index (χ4v) is 5.53. The molecule has 0 fully saturated rings. The van der Waals surface area contributed by atoms with Crippen LogP contribution in [-0.4, -0.2) is 54.8 Å². The van der Waals surface area contributed by atoms with Gasteiger partial charge in [-0.1, -0.05) is 64.3 Å². The van der Waals surface area contributed by atoms with E-state index in [1.807, 2.05) is 6.92 Å². The maximum atomic E-state index is 13.0. The van der Waals surface area contributed by atoms with Crippen LogP contribution in [0.1, 0.15) is 136 Å². The number of rotatable bonds is 23. The van der Waals surface area contributed by atoms with Crippen LogP contribution in [-0.2, 0) is 20.0 Å². The van der Waals surface area contributed by atoms with E-state index in [1.165, 1.54) is 24.3 Å². The molecule has 6 N–H and O–H groups in total. The zero-order valence-electron chi connectivity index (χ0n) is 31.2. The van der Waals surface area contributed by atoms with Crippen molar-refractivity contribution in [2.24, 2.45) is 39.4 Å². The maximum absolute atomic E-state index is 13.0. The second kappa shape index (κ2) is 27.6. The van der Waals surface area contributed by atoms with Gasteiger partial charge in [0.15, 0.2) is 0 Å². The van der Waals surface area contributed by atoms with Crippen molar-refractivity contribution < 1.29 is 32.7 Å². The largest absolute Gasteiger partial charge is 0.442 e.